The maximum absolute atomic E-state index is 13.3. The Labute approximate surface area is 199 Å². The minimum absolute atomic E-state index is 0.00259. The van der Waals surface area contributed by atoms with Crippen LogP contribution in [0.15, 0.2) is 60.8 Å². The maximum Gasteiger partial charge on any atom is 0.254 e. The van der Waals surface area contributed by atoms with Crippen LogP contribution in [0.2, 0.25) is 0 Å². The summed E-state index contributed by atoms with van der Waals surface area (Å²) in [4.78, 5) is 34.8. The molecule has 0 radical (unpaired) electrons. The van der Waals surface area contributed by atoms with Gasteiger partial charge >= 0.3 is 0 Å². The summed E-state index contributed by atoms with van der Waals surface area (Å²) in [5, 5.41) is 5.05. The molecule has 0 aliphatic carbocycles. The average molecular weight is 459 g/mol. The van der Waals surface area contributed by atoms with Gasteiger partial charge in [-0.2, -0.15) is 0 Å². The van der Waals surface area contributed by atoms with Crippen LogP contribution in [0.3, 0.4) is 0 Å². The fraction of sp³-hybridized carbons (Fsp3) is 0.370. The van der Waals surface area contributed by atoms with Gasteiger partial charge in [-0.25, -0.2) is 4.98 Å². The molecule has 0 saturated carbocycles. The number of aromatic nitrogens is 1. The minimum Gasteiger partial charge on any atom is -0.378 e. The Morgan fingerprint density at radius 2 is 1.82 bits per heavy atom. The lowest BCUT2D eigenvalue weighted by Crippen LogP contribution is -2.45. The van der Waals surface area contributed by atoms with E-state index >= 15 is 0 Å². The van der Waals surface area contributed by atoms with E-state index in [0.717, 1.165) is 61.3 Å². The molecule has 3 aromatic rings. The van der Waals surface area contributed by atoms with Crippen molar-refractivity contribution in [1.82, 2.24) is 15.2 Å². The van der Waals surface area contributed by atoms with Gasteiger partial charge in [0, 0.05) is 44.5 Å². The molecule has 2 fully saturated rings. The van der Waals surface area contributed by atoms with E-state index in [1.165, 1.54) is 0 Å². The summed E-state index contributed by atoms with van der Waals surface area (Å²) in [5.74, 6) is 0.728. The summed E-state index contributed by atoms with van der Waals surface area (Å²) >= 11 is 0. The van der Waals surface area contributed by atoms with Gasteiger partial charge in [0.2, 0.25) is 5.91 Å². The normalized spacial score (nSPS) is 18.6. The number of morpholine rings is 1. The molecule has 0 bridgehead atoms. The standard InChI is InChI=1S/C27H30N4O3/c32-26(29-18-20-10-11-25(28-17-20)30-13-15-34-16-14-30)22-7-4-12-31(19-22)27(33)24-9-3-6-21-5-1-2-8-23(21)24/h1-3,5-6,8-11,17,22H,4,7,12-16,18-19H2,(H,29,32)/t22-/m1/s1. The monoisotopic (exact) mass is 458 g/mol. The van der Waals surface area contributed by atoms with E-state index in [4.69, 9.17) is 4.74 Å². The van der Waals surface area contributed by atoms with Crippen LogP contribution in [0, 0.1) is 5.92 Å². The number of amides is 2. The Kier molecular flexibility index (Phi) is 6.72. The van der Waals surface area contributed by atoms with Crippen molar-refractivity contribution < 1.29 is 14.3 Å². The number of rotatable bonds is 5. The number of benzene rings is 2. The summed E-state index contributed by atoms with van der Waals surface area (Å²) in [7, 11) is 0. The van der Waals surface area contributed by atoms with Gasteiger partial charge in [-0.1, -0.05) is 42.5 Å². The molecule has 2 aliphatic rings. The molecule has 2 saturated heterocycles. The van der Waals surface area contributed by atoms with Gasteiger partial charge in [-0.15, -0.1) is 0 Å². The molecular formula is C27H30N4O3. The van der Waals surface area contributed by atoms with Gasteiger partial charge in [0.15, 0.2) is 0 Å². The van der Waals surface area contributed by atoms with Crippen LogP contribution in [0.25, 0.3) is 10.8 Å². The lowest BCUT2D eigenvalue weighted by atomic mass is 9.95. The third-order valence-electron chi connectivity index (χ3n) is 6.71. The number of ether oxygens (including phenoxy) is 1. The Bertz CT molecular complexity index is 1150. The summed E-state index contributed by atoms with van der Waals surface area (Å²) in [5.41, 5.74) is 1.66. The van der Waals surface area contributed by atoms with Crippen LogP contribution in [-0.2, 0) is 16.1 Å². The quantitative estimate of drug-likeness (QED) is 0.635. The molecule has 1 N–H and O–H groups in total. The van der Waals surface area contributed by atoms with Crippen molar-refractivity contribution in [3.63, 3.8) is 0 Å². The van der Waals surface area contributed by atoms with E-state index in [0.29, 0.717) is 25.2 Å². The van der Waals surface area contributed by atoms with Gasteiger partial charge in [-0.05, 0) is 41.3 Å². The van der Waals surface area contributed by atoms with Crippen LogP contribution >= 0.6 is 0 Å². The highest BCUT2D eigenvalue weighted by Gasteiger charge is 2.29. The van der Waals surface area contributed by atoms with Gasteiger partial charge < -0.3 is 19.9 Å². The highest BCUT2D eigenvalue weighted by molar-refractivity contribution is 6.07. The smallest absolute Gasteiger partial charge is 0.254 e. The number of carbonyl (C=O) groups is 2. The van der Waals surface area contributed by atoms with Crippen LogP contribution < -0.4 is 10.2 Å². The van der Waals surface area contributed by atoms with Crippen molar-refractivity contribution in [2.24, 2.45) is 5.92 Å². The number of carbonyl (C=O) groups excluding carboxylic acids is 2. The van der Waals surface area contributed by atoms with E-state index in [1.54, 1.807) is 0 Å². The molecule has 176 valence electrons. The number of fused-ring (bicyclic) bond motifs is 1. The Morgan fingerprint density at radius 1 is 1.00 bits per heavy atom. The largest absolute Gasteiger partial charge is 0.378 e. The molecule has 0 spiro atoms. The molecule has 34 heavy (non-hydrogen) atoms. The lowest BCUT2D eigenvalue weighted by molar-refractivity contribution is -0.126. The molecule has 2 aromatic carbocycles. The zero-order chi connectivity index (χ0) is 23.3. The van der Waals surface area contributed by atoms with Gasteiger partial charge in [-0.3, -0.25) is 9.59 Å². The van der Waals surface area contributed by atoms with E-state index in [9.17, 15) is 9.59 Å². The fourth-order valence-electron chi connectivity index (χ4n) is 4.79. The van der Waals surface area contributed by atoms with Crippen molar-refractivity contribution in [3.05, 3.63) is 71.9 Å². The second-order valence-corrected chi connectivity index (χ2v) is 8.96. The molecule has 7 nitrogen and oxygen atoms in total. The van der Waals surface area contributed by atoms with Crippen LogP contribution in [-0.4, -0.2) is 61.1 Å². The highest BCUT2D eigenvalue weighted by atomic mass is 16.5. The third kappa shape index (κ3) is 4.89. The Hall–Kier alpha value is -3.45. The number of anilines is 1. The van der Waals surface area contributed by atoms with Crippen LogP contribution in [0.5, 0.6) is 0 Å². The van der Waals surface area contributed by atoms with Crippen molar-refractivity contribution in [1.29, 1.82) is 0 Å². The molecule has 7 heteroatoms. The molecule has 0 unspecified atom stereocenters. The van der Waals surface area contributed by atoms with E-state index in [2.05, 4.69) is 15.2 Å². The number of piperidine rings is 1. The second-order valence-electron chi connectivity index (χ2n) is 8.96. The van der Waals surface area contributed by atoms with Gasteiger partial charge in [0.25, 0.3) is 5.91 Å². The number of pyridine rings is 1. The summed E-state index contributed by atoms with van der Waals surface area (Å²) in [6, 6.07) is 17.7. The summed E-state index contributed by atoms with van der Waals surface area (Å²) in [6.45, 7) is 4.70. The summed E-state index contributed by atoms with van der Waals surface area (Å²) in [6.07, 6.45) is 3.44. The topological polar surface area (TPSA) is 74.8 Å². The molecule has 1 aromatic heterocycles. The molecule has 5 rings (SSSR count). The summed E-state index contributed by atoms with van der Waals surface area (Å²) < 4.78 is 5.39. The number of hydrogen-bond acceptors (Lipinski definition) is 5. The van der Waals surface area contributed by atoms with E-state index < -0.39 is 0 Å². The molecule has 3 heterocycles. The highest BCUT2D eigenvalue weighted by Crippen LogP contribution is 2.24. The predicted octanol–water partition coefficient (Wildman–Crippen LogP) is 3.24. The molecule has 1 atom stereocenters. The van der Waals surface area contributed by atoms with Crippen molar-refractivity contribution in [2.45, 2.75) is 19.4 Å². The second kappa shape index (κ2) is 10.2. The van der Waals surface area contributed by atoms with Crippen LogP contribution in [0.4, 0.5) is 5.82 Å². The zero-order valence-electron chi connectivity index (χ0n) is 19.3. The molecule has 2 amide bonds. The first kappa shape index (κ1) is 22.3. The Balaban J connectivity index is 1.18. The number of nitrogens with one attached hydrogen (secondary N) is 1. The first-order valence-electron chi connectivity index (χ1n) is 12.0. The van der Waals surface area contributed by atoms with Crippen molar-refractivity contribution >= 4 is 28.4 Å². The predicted molar refractivity (Wildman–Crippen MR) is 132 cm³/mol. The molecule has 2 aliphatic heterocycles. The average Bonchev–Trinajstić information content (AvgIpc) is 2.92. The number of likely N-dealkylation sites (tertiary alicyclic amines) is 1. The molecular weight excluding hydrogens is 428 g/mol. The van der Waals surface area contributed by atoms with Gasteiger partial charge in [0.1, 0.15) is 5.82 Å². The Morgan fingerprint density at radius 3 is 2.65 bits per heavy atom. The fourth-order valence-corrected chi connectivity index (χ4v) is 4.79. The van der Waals surface area contributed by atoms with Crippen molar-refractivity contribution in [3.8, 4) is 0 Å². The van der Waals surface area contributed by atoms with E-state index in [-0.39, 0.29) is 17.7 Å². The van der Waals surface area contributed by atoms with Gasteiger partial charge in [0.05, 0.1) is 19.1 Å². The van der Waals surface area contributed by atoms with Crippen molar-refractivity contribution in [2.75, 3.05) is 44.3 Å². The first-order valence-corrected chi connectivity index (χ1v) is 12.0. The number of nitrogens with zero attached hydrogens (tertiary/aromatic N) is 3. The first-order chi connectivity index (χ1) is 16.7. The van der Waals surface area contributed by atoms with Crippen LogP contribution in [0.1, 0.15) is 28.8 Å². The third-order valence-corrected chi connectivity index (χ3v) is 6.71. The number of hydrogen-bond donors (Lipinski definition) is 1. The van der Waals surface area contributed by atoms with E-state index in [1.807, 2.05) is 65.7 Å². The zero-order valence-corrected chi connectivity index (χ0v) is 19.3. The lowest BCUT2D eigenvalue weighted by Gasteiger charge is -2.32. The SMILES string of the molecule is O=C(NCc1ccc(N2CCOCC2)nc1)[C@@H]1CCCN(C(=O)c2cccc3ccccc23)C1. The maximum atomic E-state index is 13.3. The minimum atomic E-state index is -0.201.